The largest absolute Gasteiger partial charge is 0.313 e. The number of aromatic amines is 2. The number of halogens is 2. The second kappa shape index (κ2) is 5.51. The van der Waals surface area contributed by atoms with Crippen LogP contribution < -0.4 is 5.56 Å². The monoisotopic (exact) mass is 336 g/mol. The number of hydrogen-bond donors (Lipinski definition) is 2. The highest BCUT2D eigenvalue weighted by molar-refractivity contribution is 7.71. The number of H-pyrrole nitrogens is 2. The van der Waals surface area contributed by atoms with Crippen LogP contribution in [0.5, 0.6) is 0 Å². The zero-order valence-corrected chi connectivity index (χ0v) is 12.9. The van der Waals surface area contributed by atoms with Crippen LogP contribution in [-0.2, 0) is 7.05 Å². The fourth-order valence-electron chi connectivity index (χ4n) is 2.21. The molecule has 0 aliphatic heterocycles. The number of aromatic nitrogens is 4. The maximum Gasteiger partial charge on any atom is 0.249 e. The Bertz CT molecular complexity index is 975. The van der Waals surface area contributed by atoms with E-state index in [9.17, 15) is 9.18 Å². The Balaban J connectivity index is 2.31. The molecule has 0 fully saturated rings. The summed E-state index contributed by atoms with van der Waals surface area (Å²) in [5.74, 6) is 0.0551. The van der Waals surface area contributed by atoms with Crippen molar-refractivity contribution >= 4 is 23.8 Å². The lowest BCUT2D eigenvalue weighted by Crippen LogP contribution is -2.04. The van der Waals surface area contributed by atoms with Gasteiger partial charge in [-0.2, -0.15) is 5.10 Å². The van der Waals surface area contributed by atoms with E-state index in [2.05, 4.69) is 15.2 Å². The van der Waals surface area contributed by atoms with Crippen LogP contribution in [0.15, 0.2) is 35.1 Å². The molecule has 0 spiro atoms. The van der Waals surface area contributed by atoms with Gasteiger partial charge in [-0.15, -0.1) is 0 Å². The van der Waals surface area contributed by atoms with Crippen LogP contribution in [0.3, 0.4) is 0 Å². The minimum Gasteiger partial charge on any atom is -0.313 e. The molecule has 0 amide bonds. The van der Waals surface area contributed by atoms with E-state index in [1.165, 1.54) is 18.2 Å². The first-order chi connectivity index (χ1) is 10.5. The highest BCUT2D eigenvalue weighted by Crippen LogP contribution is 2.31. The van der Waals surface area contributed by atoms with Gasteiger partial charge in [0.05, 0.1) is 0 Å². The lowest BCUT2D eigenvalue weighted by molar-refractivity contribution is 0.628. The molecule has 0 aliphatic carbocycles. The summed E-state index contributed by atoms with van der Waals surface area (Å²) in [7, 11) is 1.72. The van der Waals surface area contributed by atoms with Crippen molar-refractivity contribution in [2.24, 2.45) is 7.05 Å². The molecule has 2 heterocycles. The van der Waals surface area contributed by atoms with Gasteiger partial charge in [0.25, 0.3) is 0 Å². The Morgan fingerprint density at radius 1 is 1.27 bits per heavy atom. The van der Waals surface area contributed by atoms with Crippen molar-refractivity contribution in [2.75, 3.05) is 0 Å². The average molecular weight is 337 g/mol. The summed E-state index contributed by atoms with van der Waals surface area (Å²) in [6.45, 7) is 0. The van der Waals surface area contributed by atoms with Gasteiger partial charge in [0.15, 0.2) is 10.6 Å². The molecule has 1 aromatic carbocycles. The molecule has 0 saturated heterocycles. The third kappa shape index (κ3) is 2.60. The van der Waals surface area contributed by atoms with E-state index >= 15 is 0 Å². The van der Waals surface area contributed by atoms with Crippen molar-refractivity contribution in [3.8, 4) is 22.5 Å². The van der Waals surface area contributed by atoms with Crippen LogP contribution in [-0.4, -0.2) is 19.7 Å². The quantitative estimate of drug-likeness (QED) is 0.557. The number of rotatable bonds is 2. The summed E-state index contributed by atoms with van der Waals surface area (Å²) in [6.07, 6.45) is 0. The molecular weight excluding hydrogens is 327 g/mol. The standard InChI is InChI=1S/C14H10ClFN4OS/c1-20-13(18-19-14(20)22)10-6-8(16)2-3-9(10)7-4-11(15)17-12(21)5-7/h2-6H,1H3,(H,17,21)(H,19,22). The third-order valence-corrected chi connectivity index (χ3v) is 3.79. The van der Waals surface area contributed by atoms with Crippen molar-refractivity contribution in [1.82, 2.24) is 19.7 Å². The zero-order chi connectivity index (χ0) is 15.9. The van der Waals surface area contributed by atoms with Crippen molar-refractivity contribution in [2.45, 2.75) is 0 Å². The Labute approximate surface area is 134 Å². The zero-order valence-electron chi connectivity index (χ0n) is 11.4. The topological polar surface area (TPSA) is 66.5 Å². The van der Waals surface area contributed by atoms with E-state index in [0.29, 0.717) is 27.3 Å². The molecule has 5 nitrogen and oxygen atoms in total. The predicted molar refractivity (Wildman–Crippen MR) is 84.9 cm³/mol. The van der Waals surface area contributed by atoms with Gasteiger partial charge >= 0.3 is 0 Å². The summed E-state index contributed by atoms with van der Waals surface area (Å²) in [4.78, 5) is 14.1. The maximum absolute atomic E-state index is 13.7. The highest BCUT2D eigenvalue weighted by atomic mass is 35.5. The molecule has 112 valence electrons. The number of nitrogens with zero attached hydrogens (tertiary/aromatic N) is 2. The van der Waals surface area contributed by atoms with Crippen LogP contribution in [0.25, 0.3) is 22.5 Å². The van der Waals surface area contributed by atoms with E-state index in [1.807, 2.05) is 0 Å². The number of hydrogen-bond acceptors (Lipinski definition) is 3. The van der Waals surface area contributed by atoms with Crippen molar-refractivity contribution < 1.29 is 4.39 Å². The molecule has 0 saturated carbocycles. The third-order valence-electron chi connectivity index (χ3n) is 3.22. The summed E-state index contributed by atoms with van der Waals surface area (Å²) in [6, 6.07) is 7.23. The fraction of sp³-hybridized carbons (Fsp3) is 0.0714. The van der Waals surface area contributed by atoms with E-state index in [1.54, 1.807) is 23.7 Å². The van der Waals surface area contributed by atoms with E-state index in [-0.39, 0.29) is 10.7 Å². The van der Waals surface area contributed by atoms with Gasteiger partial charge < -0.3 is 9.55 Å². The number of benzene rings is 1. The van der Waals surface area contributed by atoms with Crippen molar-refractivity contribution in [3.05, 3.63) is 56.4 Å². The van der Waals surface area contributed by atoms with E-state index in [0.717, 1.165) is 0 Å². The average Bonchev–Trinajstić information content (AvgIpc) is 2.77. The lowest BCUT2D eigenvalue weighted by Gasteiger charge is -2.09. The van der Waals surface area contributed by atoms with Crippen LogP contribution in [0, 0.1) is 10.6 Å². The smallest absolute Gasteiger partial charge is 0.249 e. The van der Waals surface area contributed by atoms with Gasteiger partial charge in [-0.25, -0.2) is 4.39 Å². The Morgan fingerprint density at radius 3 is 2.68 bits per heavy atom. The molecule has 22 heavy (non-hydrogen) atoms. The summed E-state index contributed by atoms with van der Waals surface area (Å²) < 4.78 is 15.7. The fourth-order valence-corrected chi connectivity index (χ4v) is 2.55. The first-order valence-electron chi connectivity index (χ1n) is 6.27. The molecule has 3 aromatic rings. The Morgan fingerprint density at radius 2 is 2.05 bits per heavy atom. The summed E-state index contributed by atoms with van der Waals surface area (Å²) in [5.41, 5.74) is 1.37. The molecule has 0 unspecified atom stereocenters. The van der Waals surface area contributed by atoms with Crippen LogP contribution in [0.2, 0.25) is 5.15 Å². The maximum atomic E-state index is 13.7. The lowest BCUT2D eigenvalue weighted by atomic mass is 10.00. The van der Waals surface area contributed by atoms with E-state index in [4.69, 9.17) is 23.8 Å². The minimum atomic E-state index is -0.413. The van der Waals surface area contributed by atoms with Crippen LogP contribution in [0.1, 0.15) is 0 Å². The Hall–Kier alpha value is -2.25. The summed E-state index contributed by atoms with van der Waals surface area (Å²) in [5, 5.41) is 6.98. The molecular formula is C14H10ClFN4OS. The molecule has 0 atom stereocenters. The van der Waals surface area contributed by atoms with Gasteiger partial charge in [0.2, 0.25) is 5.56 Å². The highest BCUT2D eigenvalue weighted by Gasteiger charge is 2.14. The molecule has 2 aromatic heterocycles. The first kappa shape index (κ1) is 14.7. The first-order valence-corrected chi connectivity index (χ1v) is 7.06. The van der Waals surface area contributed by atoms with Gasteiger partial charge in [0.1, 0.15) is 11.0 Å². The number of pyridine rings is 1. The van der Waals surface area contributed by atoms with Crippen molar-refractivity contribution in [1.29, 1.82) is 0 Å². The molecule has 8 heteroatoms. The SMILES string of the molecule is Cn1c(-c2cc(F)ccc2-c2cc(Cl)[nH]c(=O)c2)n[nH]c1=S. The summed E-state index contributed by atoms with van der Waals surface area (Å²) >= 11 is 11.0. The molecule has 2 N–H and O–H groups in total. The second-order valence-corrected chi connectivity index (χ2v) is 5.48. The molecule has 0 bridgehead atoms. The van der Waals surface area contributed by atoms with Gasteiger partial charge in [0, 0.05) is 18.7 Å². The Kier molecular flexibility index (Phi) is 3.67. The molecule has 0 aliphatic rings. The second-order valence-electron chi connectivity index (χ2n) is 4.68. The molecule has 3 rings (SSSR count). The van der Waals surface area contributed by atoms with Gasteiger partial charge in [-0.05, 0) is 41.5 Å². The minimum absolute atomic E-state index is 0.202. The van der Waals surface area contributed by atoms with Gasteiger partial charge in [-0.3, -0.25) is 9.89 Å². The predicted octanol–water partition coefficient (Wildman–Crippen LogP) is 3.29. The normalized spacial score (nSPS) is 10.9. The van der Waals surface area contributed by atoms with Crippen LogP contribution >= 0.6 is 23.8 Å². The van der Waals surface area contributed by atoms with Gasteiger partial charge in [-0.1, -0.05) is 17.7 Å². The van der Waals surface area contributed by atoms with E-state index < -0.39 is 5.82 Å². The number of nitrogens with one attached hydrogen (secondary N) is 2. The van der Waals surface area contributed by atoms with Crippen molar-refractivity contribution in [3.63, 3.8) is 0 Å². The van der Waals surface area contributed by atoms with Crippen LogP contribution in [0.4, 0.5) is 4.39 Å². The molecule has 0 radical (unpaired) electrons.